The number of benzene rings is 2. The molecule has 1 aliphatic rings. The van der Waals surface area contributed by atoms with Crippen molar-refractivity contribution < 1.29 is 34.2 Å². The second-order valence-corrected chi connectivity index (χ2v) is 11.7. The number of rotatable bonds is 18. The lowest BCUT2D eigenvalue weighted by Crippen LogP contribution is -2.49. The van der Waals surface area contributed by atoms with Crippen molar-refractivity contribution in [1.82, 2.24) is 16.1 Å². The first-order chi connectivity index (χ1) is 22.0. The number of amides is 2. The Bertz CT molecular complexity index is 1340. The summed E-state index contributed by atoms with van der Waals surface area (Å²) in [4.78, 5) is 52.7. The van der Waals surface area contributed by atoms with Crippen molar-refractivity contribution in [2.24, 2.45) is 22.6 Å². The van der Waals surface area contributed by atoms with Crippen molar-refractivity contribution in [2.45, 2.75) is 64.2 Å². The second-order valence-electron chi connectivity index (χ2n) is 11.7. The minimum absolute atomic E-state index is 0.0682. The average molecular weight is 639 g/mol. The average Bonchev–Trinajstić information content (AvgIpc) is 3.32. The Kier molecular flexibility index (Phi) is 14.0. The van der Waals surface area contributed by atoms with Crippen LogP contribution in [0.4, 0.5) is 4.79 Å². The number of alkyl carbamates (subject to hydrolysis) is 1. The summed E-state index contributed by atoms with van der Waals surface area (Å²) in [6.45, 7) is 4.20. The lowest BCUT2D eigenvalue weighted by molar-refractivity contribution is -0.525. The van der Waals surface area contributed by atoms with E-state index in [0.717, 1.165) is 22.3 Å². The number of aliphatic imine (C=N–C) groups is 1. The molecule has 248 valence electrons. The Hall–Kier alpha value is -4.50. The zero-order chi connectivity index (χ0) is 33.6. The zero-order valence-corrected chi connectivity index (χ0v) is 26.2. The summed E-state index contributed by atoms with van der Waals surface area (Å²) in [6, 6.07) is 16.1. The van der Waals surface area contributed by atoms with Crippen LogP contribution < -0.4 is 21.8 Å². The summed E-state index contributed by atoms with van der Waals surface area (Å²) in [5, 5.41) is 34.4. The largest absolute Gasteiger partial charge is 0.475 e. The lowest BCUT2D eigenvalue weighted by atomic mass is 9.74. The van der Waals surface area contributed by atoms with Crippen LogP contribution >= 0.6 is 0 Å². The number of ether oxygens (including phenoxy) is 1. The van der Waals surface area contributed by atoms with E-state index in [-0.39, 0.29) is 62.5 Å². The van der Waals surface area contributed by atoms with Gasteiger partial charge in [-0.3, -0.25) is 9.59 Å². The van der Waals surface area contributed by atoms with E-state index in [9.17, 15) is 34.5 Å². The maximum atomic E-state index is 13.1. The van der Waals surface area contributed by atoms with Crippen LogP contribution in [0.25, 0.3) is 11.1 Å². The molecule has 0 bridgehead atoms. The molecule has 0 aliphatic heterocycles. The maximum absolute atomic E-state index is 13.1. The smallest absolute Gasteiger partial charge is 0.449 e. The van der Waals surface area contributed by atoms with Gasteiger partial charge in [0.15, 0.2) is 5.03 Å². The summed E-state index contributed by atoms with van der Waals surface area (Å²) in [7, 11) is -1.77. The van der Waals surface area contributed by atoms with Gasteiger partial charge in [0.05, 0.1) is 5.94 Å². The van der Waals surface area contributed by atoms with Crippen molar-refractivity contribution in [2.75, 3.05) is 19.7 Å². The normalized spacial score (nSPS) is 13.7. The number of ketones is 1. The van der Waals surface area contributed by atoms with Gasteiger partial charge in [0.1, 0.15) is 12.4 Å². The molecule has 0 saturated heterocycles. The highest BCUT2D eigenvalue weighted by molar-refractivity contribution is 6.43. The van der Waals surface area contributed by atoms with Gasteiger partial charge < -0.3 is 31.2 Å². The van der Waals surface area contributed by atoms with Gasteiger partial charge in [0, 0.05) is 37.8 Å². The zero-order valence-electron chi connectivity index (χ0n) is 26.2. The SMILES string of the molecule is CC(C)C[C@H](NC(=O)[C@H](CCCN=C(N)N[N+](=O)[O-])CC(=O)CCCNC(=O)OCC1c2ccccc2-c2ccccc21)B(O)O. The third-order valence-electron chi connectivity index (χ3n) is 7.70. The quantitative estimate of drug-likeness (QED) is 0.0349. The van der Waals surface area contributed by atoms with Crippen molar-refractivity contribution in [3.8, 4) is 11.1 Å². The first kappa shape index (κ1) is 36.0. The Morgan fingerprint density at radius 2 is 1.70 bits per heavy atom. The molecular weight excluding hydrogens is 595 g/mol. The number of guanidine groups is 1. The van der Waals surface area contributed by atoms with Crippen molar-refractivity contribution in [3.05, 3.63) is 69.8 Å². The van der Waals surface area contributed by atoms with Gasteiger partial charge in [-0.2, -0.15) is 0 Å². The number of hydrogen-bond donors (Lipinski definition) is 6. The molecule has 7 N–H and O–H groups in total. The number of carbonyl (C=O) groups excluding carboxylic acids is 3. The maximum Gasteiger partial charge on any atom is 0.475 e. The summed E-state index contributed by atoms with van der Waals surface area (Å²) in [5.74, 6) is -2.81. The second kappa shape index (κ2) is 17.9. The lowest BCUT2D eigenvalue weighted by Gasteiger charge is -2.23. The third kappa shape index (κ3) is 11.1. The van der Waals surface area contributed by atoms with Crippen LogP contribution in [-0.2, 0) is 14.3 Å². The number of fused-ring (bicyclic) bond motifs is 3. The number of nitrogens with two attached hydrogens (primary N) is 1. The van der Waals surface area contributed by atoms with Gasteiger partial charge in [-0.25, -0.2) is 19.9 Å². The fourth-order valence-corrected chi connectivity index (χ4v) is 5.56. The molecule has 2 atom stereocenters. The monoisotopic (exact) mass is 638 g/mol. The molecule has 1 aliphatic carbocycles. The van der Waals surface area contributed by atoms with Crippen molar-refractivity contribution in [3.63, 3.8) is 0 Å². The molecule has 0 spiro atoms. The molecule has 0 aromatic heterocycles. The molecule has 0 fully saturated rings. The summed E-state index contributed by atoms with van der Waals surface area (Å²) in [6.07, 6.45) is 0.556. The summed E-state index contributed by atoms with van der Waals surface area (Å²) in [5.41, 5.74) is 11.6. The van der Waals surface area contributed by atoms with E-state index in [2.05, 4.69) is 27.8 Å². The summed E-state index contributed by atoms with van der Waals surface area (Å²) < 4.78 is 5.53. The van der Waals surface area contributed by atoms with Crippen molar-refractivity contribution >= 4 is 30.9 Å². The molecule has 46 heavy (non-hydrogen) atoms. The first-order valence-corrected chi connectivity index (χ1v) is 15.4. The van der Waals surface area contributed by atoms with Gasteiger partial charge in [0.2, 0.25) is 5.91 Å². The van der Waals surface area contributed by atoms with E-state index in [0.29, 0.717) is 19.3 Å². The Labute approximate surface area is 268 Å². The molecule has 0 saturated carbocycles. The topological polar surface area (TPSA) is 219 Å². The Morgan fingerprint density at radius 1 is 1.07 bits per heavy atom. The van der Waals surface area contributed by atoms with E-state index < -0.39 is 36.0 Å². The molecule has 3 rings (SSSR count). The van der Waals surface area contributed by atoms with Gasteiger partial charge in [-0.05, 0) is 53.9 Å². The first-order valence-electron chi connectivity index (χ1n) is 15.4. The van der Waals surface area contributed by atoms with E-state index in [1.807, 2.05) is 50.2 Å². The Morgan fingerprint density at radius 3 is 2.28 bits per heavy atom. The highest BCUT2D eigenvalue weighted by atomic mass is 16.7. The number of Topliss-reactive ketones (excluding diaryl/α,β-unsaturated/α-hetero) is 1. The van der Waals surface area contributed by atoms with Crippen LogP contribution in [0.1, 0.15) is 69.4 Å². The van der Waals surface area contributed by atoms with E-state index in [4.69, 9.17) is 10.5 Å². The highest BCUT2D eigenvalue weighted by Crippen LogP contribution is 2.44. The number of hydrogen-bond acceptors (Lipinski definition) is 9. The number of nitro groups is 1. The minimum Gasteiger partial charge on any atom is -0.449 e. The molecule has 0 radical (unpaired) electrons. The van der Waals surface area contributed by atoms with Crippen LogP contribution in [0.5, 0.6) is 0 Å². The molecule has 2 amide bonds. The van der Waals surface area contributed by atoms with Gasteiger partial charge in [-0.15, -0.1) is 0 Å². The van der Waals surface area contributed by atoms with Crippen LogP contribution in [0.15, 0.2) is 53.5 Å². The van der Waals surface area contributed by atoms with Crippen LogP contribution in [-0.4, -0.2) is 71.6 Å². The molecule has 2 aromatic carbocycles. The molecule has 14 nitrogen and oxygen atoms in total. The minimum atomic E-state index is -1.77. The molecular formula is C31H43BN6O8. The third-order valence-corrected chi connectivity index (χ3v) is 7.70. The molecule has 2 aromatic rings. The molecule has 0 unspecified atom stereocenters. The molecule has 15 heteroatoms. The van der Waals surface area contributed by atoms with Gasteiger partial charge in [0.25, 0.3) is 5.96 Å². The fraction of sp³-hybridized carbons (Fsp3) is 0.484. The number of nitrogens with zero attached hydrogens (tertiary/aromatic N) is 2. The molecule has 0 heterocycles. The van der Waals surface area contributed by atoms with E-state index >= 15 is 0 Å². The standard InChI is InChI=1S/C31H43BN6O8/c1-20(2)17-28(32(42)43)36-29(40)21(9-7-15-34-30(33)37-38(44)45)18-22(39)10-8-16-35-31(41)46-19-27-25-13-5-3-11-23(25)24-12-4-6-14-26(24)27/h3-6,11-14,20-21,27-28,42-43H,7-10,15-19H2,1-2H3,(H,35,41)(H,36,40)(H3,33,34,37)/t21-,28+/m1/s1. The Balaban J connectivity index is 1.47. The predicted molar refractivity (Wildman–Crippen MR) is 173 cm³/mol. The number of hydrazine groups is 1. The number of nitrogens with one attached hydrogen (secondary N) is 3. The number of carbonyl (C=O) groups is 3. The van der Waals surface area contributed by atoms with Gasteiger partial charge in [-0.1, -0.05) is 67.8 Å². The highest BCUT2D eigenvalue weighted by Gasteiger charge is 2.31. The van der Waals surface area contributed by atoms with Crippen molar-refractivity contribution in [1.29, 1.82) is 0 Å². The van der Waals surface area contributed by atoms with Crippen LogP contribution in [0.2, 0.25) is 0 Å². The predicted octanol–water partition coefficient (Wildman–Crippen LogP) is 2.30. The van der Waals surface area contributed by atoms with E-state index in [1.165, 1.54) is 0 Å². The van der Waals surface area contributed by atoms with Crippen LogP contribution in [0, 0.1) is 22.0 Å². The van der Waals surface area contributed by atoms with Crippen LogP contribution in [0.3, 0.4) is 0 Å². The fourth-order valence-electron chi connectivity index (χ4n) is 5.56. The van der Waals surface area contributed by atoms with Gasteiger partial charge >= 0.3 is 13.2 Å². The van der Waals surface area contributed by atoms with E-state index in [1.54, 1.807) is 5.43 Å². The summed E-state index contributed by atoms with van der Waals surface area (Å²) >= 11 is 0.